The zero-order valence-electron chi connectivity index (χ0n) is 10.1. The van der Waals surface area contributed by atoms with Crippen molar-refractivity contribution >= 4 is 35.1 Å². The molecule has 6 heteroatoms. The third-order valence-corrected chi connectivity index (χ3v) is 4.16. The Labute approximate surface area is 120 Å². The van der Waals surface area contributed by atoms with Gasteiger partial charge in [-0.3, -0.25) is 9.59 Å². The fourth-order valence-electron chi connectivity index (χ4n) is 1.88. The highest BCUT2D eigenvalue weighted by Crippen LogP contribution is 2.46. The second-order valence-corrected chi connectivity index (χ2v) is 5.39. The van der Waals surface area contributed by atoms with E-state index in [1.54, 1.807) is 12.1 Å². The molecule has 2 rings (SSSR count). The second-order valence-electron chi connectivity index (χ2n) is 4.61. The van der Waals surface area contributed by atoms with Gasteiger partial charge in [0.1, 0.15) is 5.41 Å². The topological polar surface area (TPSA) is 66.4 Å². The maximum atomic E-state index is 11.8. The molecule has 1 saturated carbocycles. The van der Waals surface area contributed by atoms with Crippen molar-refractivity contribution in [1.82, 2.24) is 5.32 Å². The molecule has 0 radical (unpaired) electrons. The van der Waals surface area contributed by atoms with Gasteiger partial charge < -0.3 is 10.4 Å². The van der Waals surface area contributed by atoms with Crippen LogP contribution in [-0.2, 0) is 16.0 Å². The fraction of sp³-hybridized carbons (Fsp3) is 0.385. The van der Waals surface area contributed by atoms with Gasteiger partial charge in [0.2, 0.25) is 5.91 Å². The fourth-order valence-corrected chi connectivity index (χ4v) is 2.30. The van der Waals surface area contributed by atoms with E-state index in [1.165, 1.54) is 0 Å². The average molecular weight is 302 g/mol. The summed E-state index contributed by atoms with van der Waals surface area (Å²) in [5.41, 5.74) is -0.368. The molecule has 0 bridgehead atoms. The van der Waals surface area contributed by atoms with Crippen LogP contribution in [0.25, 0.3) is 0 Å². The van der Waals surface area contributed by atoms with Crippen LogP contribution in [0.2, 0.25) is 10.0 Å². The molecule has 19 heavy (non-hydrogen) atoms. The van der Waals surface area contributed by atoms with Crippen molar-refractivity contribution in [1.29, 1.82) is 0 Å². The number of aliphatic carboxylic acids is 1. The average Bonchev–Trinajstić information content (AvgIpc) is 3.15. The van der Waals surface area contributed by atoms with E-state index in [0.29, 0.717) is 35.9 Å². The van der Waals surface area contributed by atoms with Crippen LogP contribution in [-0.4, -0.2) is 23.5 Å². The summed E-state index contributed by atoms with van der Waals surface area (Å²) in [5.74, 6) is -1.47. The Morgan fingerprint density at radius 2 is 2.00 bits per heavy atom. The number of nitrogens with one attached hydrogen (secondary N) is 1. The van der Waals surface area contributed by atoms with E-state index in [2.05, 4.69) is 5.32 Å². The van der Waals surface area contributed by atoms with Crippen molar-refractivity contribution in [2.75, 3.05) is 6.54 Å². The number of benzene rings is 1. The zero-order valence-corrected chi connectivity index (χ0v) is 11.6. The molecule has 0 aliphatic heterocycles. The zero-order chi connectivity index (χ0) is 14.0. The molecule has 1 aromatic carbocycles. The van der Waals surface area contributed by atoms with Crippen LogP contribution in [0.1, 0.15) is 18.4 Å². The van der Waals surface area contributed by atoms with Gasteiger partial charge in [-0.1, -0.05) is 35.3 Å². The molecule has 0 spiro atoms. The summed E-state index contributed by atoms with van der Waals surface area (Å²) in [5, 5.41) is 12.5. The first-order valence-electron chi connectivity index (χ1n) is 5.92. The van der Waals surface area contributed by atoms with Crippen molar-refractivity contribution < 1.29 is 14.7 Å². The van der Waals surface area contributed by atoms with Crippen molar-refractivity contribution in [3.63, 3.8) is 0 Å². The Hall–Kier alpha value is -1.26. The van der Waals surface area contributed by atoms with Crippen LogP contribution >= 0.6 is 23.2 Å². The van der Waals surface area contributed by atoms with Crippen LogP contribution in [0.4, 0.5) is 0 Å². The van der Waals surface area contributed by atoms with Gasteiger partial charge in [0.15, 0.2) is 0 Å². The van der Waals surface area contributed by atoms with Crippen LogP contribution in [0, 0.1) is 5.41 Å². The van der Waals surface area contributed by atoms with Gasteiger partial charge in [-0.15, -0.1) is 0 Å². The molecule has 1 aliphatic rings. The van der Waals surface area contributed by atoms with E-state index in [-0.39, 0.29) is 0 Å². The van der Waals surface area contributed by atoms with Gasteiger partial charge in [0, 0.05) is 6.54 Å². The summed E-state index contributed by atoms with van der Waals surface area (Å²) in [6.45, 7) is 0.341. The van der Waals surface area contributed by atoms with E-state index in [4.69, 9.17) is 28.3 Å². The van der Waals surface area contributed by atoms with Crippen molar-refractivity contribution in [3.05, 3.63) is 33.8 Å². The quantitative estimate of drug-likeness (QED) is 0.821. The minimum Gasteiger partial charge on any atom is -0.480 e. The lowest BCUT2D eigenvalue weighted by Crippen LogP contribution is -2.37. The maximum absolute atomic E-state index is 11.8. The molecule has 1 amide bonds. The number of rotatable bonds is 5. The van der Waals surface area contributed by atoms with Crippen molar-refractivity contribution in [3.8, 4) is 0 Å². The maximum Gasteiger partial charge on any atom is 0.319 e. The monoisotopic (exact) mass is 301 g/mol. The van der Waals surface area contributed by atoms with Crippen LogP contribution < -0.4 is 5.32 Å². The SMILES string of the molecule is O=C(O)C1(C(=O)NCCc2cccc(Cl)c2Cl)CC1. The third-order valence-electron chi connectivity index (χ3n) is 3.31. The second kappa shape index (κ2) is 5.39. The third kappa shape index (κ3) is 2.85. The molecule has 102 valence electrons. The van der Waals surface area contributed by atoms with E-state index >= 15 is 0 Å². The smallest absolute Gasteiger partial charge is 0.319 e. The highest BCUT2D eigenvalue weighted by Gasteiger charge is 2.56. The molecule has 0 saturated heterocycles. The largest absolute Gasteiger partial charge is 0.480 e. The molecule has 0 atom stereocenters. The van der Waals surface area contributed by atoms with Gasteiger partial charge in [-0.05, 0) is 30.9 Å². The van der Waals surface area contributed by atoms with E-state index in [0.717, 1.165) is 5.56 Å². The summed E-state index contributed by atoms with van der Waals surface area (Å²) in [6.07, 6.45) is 1.33. The predicted octanol–water partition coefficient (Wildman–Crippen LogP) is 2.52. The Kier molecular flexibility index (Phi) is 4.02. The molecule has 0 unspecified atom stereocenters. The summed E-state index contributed by atoms with van der Waals surface area (Å²) in [4.78, 5) is 22.7. The van der Waals surface area contributed by atoms with Gasteiger partial charge in [0.25, 0.3) is 0 Å². The Morgan fingerprint density at radius 3 is 2.58 bits per heavy atom. The standard InChI is InChI=1S/C13H13Cl2NO3/c14-9-3-1-2-8(10(9)15)4-7-16-11(17)13(5-6-13)12(18)19/h1-3H,4-7H2,(H,16,17)(H,18,19). The number of carboxylic acids is 1. The number of halogens is 2. The number of carbonyl (C=O) groups is 2. The molecule has 0 aromatic heterocycles. The molecule has 1 fully saturated rings. The van der Waals surface area contributed by atoms with E-state index in [9.17, 15) is 9.59 Å². The van der Waals surface area contributed by atoms with Gasteiger partial charge in [-0.2, -0.15) is 0 Å². The Morgan fingerprint density at radius 1 is 1.32 bits per heavy atom. The molecule has 4 nitrogen and oxygen atoms in total. The van der Waals surface area contributed by atoms with Crippen molar-refractivity contribution in [2.24, 2.45) is 5.41 Å². The molecular weight excluding hydrogens is 289 g/mol. The first-order valence-corrected chi connectivity index (χ1v) is 6.67. The predicted molar refractivity (Wildman–Crippen MR) is 72.5 cm³/mol. The van der Waals surface area contributed by atoms with E-state index in [1.807, 2.05) is 6.07 Å². The van der Waals surface area contributed by atoms with Gasteiger partial charge in [-0.25, -0.2) is 0 Å². The normalized spacial score (nSPS) is 15.9. The lowest BCUT2D eigenvalue weighted by Gasteiger charge is -2.11. The summed E-state index contributed by atoms with van der Waals surface area (Å²) < 4.78 is 0. The van der Waals surface area contributed by atoms with E-state index < -0.39 is 17.3 Å². The van der Waals surface area contributed by atoms with Crippen molar-refractivity contribution in [2.45, 2.75) is 19.3 Å². The van der Waals surface area contributed by atoms with Gasteiger partial charge in [0.05, 0.1) is 10.0 Å². The van der Waals surface area contributed by atoms with Crippen LogP contribution in [0.15, 0.2) is 18.2 Å². The van der Waals surface area contributed by atoms with Gasteiger partial charge >= 0.3 is 5.97 Å². The first-order chi connectivity index (χ1) is 8.97. The molecule has 2 N–H and O–H groups in total. The van der Waals surface area contributed by atoms with Crippen LogP contribution in [0.5, 0.6) is 0 Å². The number of hydrogen-bond donors (Lipinski definition) is 2. The highest BCUT2D eigenvalue weighted by atomic mass is 35.5. The number of hydrogen-bond acceptors (Lipinski definition) is 2. The lowest BCUT2D eigenvalue weighted by molar-refractivity contribution is -0.149. The highest BCUT2D eigenvalue weighted by molar-refractivity contribution is 6.42. The molecule has 1 aromatic rings. The molecule has 1 aliphatic carbocycles. The Bertz CT molecular complexity index is 527. The minimum atomic E-state index is -1.20. The molecular formula is C13H13Cl2NO3. The van der Waals surface area contributed by atoms with Crippen LogP contribution in [0.3, 0.4) is 0 Å². The summed E-state index contributed by atoms with van der Waals surface area (Å²) >= 11 is 11.9. The number of carbonyl (C=O) groups excluding carboxylic acids is 1. The summed E-state index contributed by atoms with van der Waals surface area (Å²) in [7, 11) is 0. The number of carboxylic acid groups (broad SMARTS) is 1. The number of amides is 1. The lowest BCUT2D eigenvalue weighted by atomic mass is 10.1. The first kappa shape index (κ1) is 14.2. The summed E-state index contributed by atoms with van der Waals surface area (Å²) in [6, 6.07) is 5.30. The molecule has 0 heterocycles. The Balaban J connectivity index is 1.89. The minimum absolute atomic E-state index is 0.341.